The van der Waals surface area contributed by atoms with Gasteiger partial charge in [0.1, 0.15) is 11.2 Å². The minimum atomic E-state index is -1.21. The Hall–Kier alpha value is -3.90. The first-order chi connectivity index (χ1) is 16.9. The van der Waals surface area contributed by atoms with Crippen molar-refractivity contribution in [3.63, 3.8) is 0 Å². The van der Waals surface area contributed by atoms with Gasteiger partial charge in [-0.15, -0.1) is 0 Å². The van der Waals surface area contributed by atoms with Crippen LogP contribution in [0.1, 0.15) is 28.5 Å². The normalized spacial score (nSPS) is 17.2. The van der Waals surface area contributed by atoms with Gasteiger partial charge in [-0.2, -0.15) is 5.10 Å². The summed E-state index contributed by atoms with van der Waals surface area (Å²) in [5.41, 5.74) is 3.26. The number of benzene rings is 3. The van der Waals surface area contributed by atoms with Gasteiger partial charge in [0.15, 0.2) is 0 Å². The Labute approximate surface area is 209 Å². The van der Waals surface area contributed by atoms with Crippen molar-refractivity contribution in [2.24, 2.45) is 0 Å². The lowest BCUT2D eigenvalue weighted by Crippen LogP contribution is -2.64. The van der Waals surface area contributed by atoms with Crippen molar-refractivity contribution >= 4 is 29.1 Å². The maximum atomic E-state index is 13.9. The predicted octanol–water partition coefficient (Wildman–Crippen LogP) is 5.25. The van der Waals surface area contributed by atoms with Crippen LogP contribution in [0.25, 0.3) is 11.3 Å². The molecule has 176 valence electrons. The van der Waals surface area contributed by atoms with Gasteiger partial charge in [0.25, 0.3) is 5.91 Å². The van der Waals surface area contributed by atoms with Crippen LogP contribution in [0.4, 0.5) is 5.69 Å². The summed E-state index contributed by atoms with van der Waals surface area (Å²) in [6.07, 6.45) is 0. The first-order valence-electron chi connectivity index (χ1n) is 11.4. The van der Waals surface area contributed by atoms with E-state index in [1.54, 1.807) is 40.8 Å². The summed E-state index contributed by atoms with van der Waals surface area (Å²) in [5.74, 6) is -0.542. The SMILES string of the molecule is Cc1cc(Cl)ccc1N1C(=O)c2cc(-c3ccccc3)nn2CC1(C)C(=O)NCc1ccccc1. The fourth-order valence-corrected chi connectivity index (χ4v) is 4.77. The topological polar surface area (TPSA) is 67.2 Å². The van der Waals surface area contributed by atoms with Gasteiger partial charge in [0, 0.05) is 22.8 Å². The maximum Gasteiger partial charge on any atom is 0.277 e. The molecule has 2 heterocycles. The van der Waals surface area contributed by atoms with Crippen LogP contribution in [-0.2, 0) is 17.9 Å². The lowest BCUT2D eigenvalue weighted by molar-refractivity contribution is -0.126. The fraction of sp³-hybridized carbons (Fsp3) is 0.179. The molecule has 0 saturated heterocycles. The van der Waals surface area contributed by atoms with Crippen LogP contribution in [0, 0.1) is 6.92 Å². The number of nitrogens with zero attached hydrogens (tertiary/aromatic N) is 3. The molecule has 1 aliphatic heterocycles. The average Bonchev–Trinajstić information content (AvgIpc) is 3.29. The molecular weight excluding hydrogens is 460 g/mol. The number of rotatable bonds is 5. The Kier molecular flexibility index (Phi) is 5.91. The summed E-state index contributed by atoms with van der Waals surface area (Å²) in [6.45, 7) is 4.24. The summed E-state index contributed by atoms with van der Waals surface area (Å²) < 4.78 is 1.65. The number of hydrogen-bond donors (Lipinski definition) is 1. The van der Waals surface area contributed by atoms with E-state index in [2.05, 4.69) is 5.32 Å². The van der Waals surface area contributed by atoms with E-state index < -0.39 is 5.54 Å². The van der Waals surface area contributed by atoms with E-state index in [1.807, 2.05) is 67.6 Å². The summed E-state index contributed by atoms with van der Waals surface area (Å²) in [5, 5.41) is 8.30. The molecule has 3 aromatic carbocycles. The summed E-state index contributed by atoms with van der Waals surface area (Å²) in [7, 11) is 0. The first-order valence-corrected chi connectivity index (χ1v) is 11.8. The molecular formula is C28H25ClN4O2. The summed E-state index contributed by atoms with van der Waals surface area (Å²) in [6, 6.07) is 26.5. The van der Waals surface area contributed by atoms with E-state index in [1.165, 1.54) is 0 Å². The van der Waals surface area contributed by atoms with Crippen molar-refractivity contribution in [1.29, 1.82) is 0 Å². The molecule has 0 spiro atoms. The molecule has 0 saturated carbocycles. The lowest BCUT2D eigenvalue weighted by Gasteiger charge is -2.43. The van der Waals surface area contributed by atoms with Gasteiger partial charge in [-0.25, -0.2) is 0 Å². The molecule has 1 aromatic heterocycles. The Morgan fingerprint density at radius 2 is 1.71 bits per heavy atom. The highest BCUT2D eigenvalue weighted by Gasteiger charge is 2.49. The third kappa shape index (κ3) is 4.21. The van der Waals surface area contributed by atoms with E-state index in [9.17, 15) is 9.59 Å². The number of fused-ring (bicyclic) bond motifs is 1. The van der Waals surface area contributed by atoms with Gasteiger partial charge < -0.3 is 5.32 Å². The molecule has 1 unspecified atom stereocenters. The van der Waals surface area contributed by atoms with Crippen molar-refractivity contribution in [3.05, 3.63) is 107 Å². The first kappa shape index (κ1) is 22.9. The second kappa shape index (κ2) is 9.04. The van der Waals surface area contributed by atoms with Crippen molar-refractivity contribution in [2.45, 2.75) is 32.5 Å². The lowest BCUT2D eigenvalue weighted by atomic mass is 9.93. The molecule has 1 aliphatic rings. The van der Waals surface area contributed by atoms with E-state index in [0.29, 0.717) is 28.6 Å². The van der Waals surface area contributed by atoms with E-state index in [4.69, 9.17) is 16.7 Å². The average molecular weight is 485 g/mol. The van der Waals surface area contributed by atoms with Gasteiger partial charge in [0.2, 0.25) is 5.91 Å². The zero-order valence-electron chi connectivity index (χ0n) is 19.5. The number of aromatic nitrogens is 2. The molecule has 6 nitrogen and oxygen atoms in total. The number of hydrogen-bond acceptors (Lipinski definition) is 3. The van der Waals surface area contributed by atoms with Crippen LogP contribution in [0.2, 0.25) is 5.02 Å². The van der Waals surface area contributed by atoms with Crippen LogP contribution in [0.5, 0.6) is 0 Å². The highest BCUT2D eigenvalue weighted by molar-refractivity contribution is 6.30. The van der Waals surface area contributed by atoms with E-state index >= 15 is 0 Å². The van der Waals surface area contributed by atoms with Crippen LogP contribution in [0.3, 0.4) is 0 Å². The Morgan fingerprint density at radius 1 is 1.03 bits per heavy atom. The molecule has 0 bridgehead atoms. The molecule has 1 N–H and O–H groups in total. The molecule has 7 heteroatoms. The smallest absolute Gasteiger partial charge is 0.277 e. The standard InChI is InChI=1S/C28H25ClN4O2/c1-19-15-22(29)13-14-24(19)33-26(34)25-16-23(21-11-7-4-8-12-21)31-32(25)18-28(33,2)27(35)30-17-20-9-5-3-6-10-20/h3-16H,17-18H2,1-2H3,(H,30,35). The highest BCUT2D eigenvalue weighted by atomic mass is 35.5. The van der Waals surface area contributed by atoms with Crippen molar-refractivity contribution in [2.75, 3.05) is 4.90 Å². The van der Waals surface area contributed by atoms with Gasteiger partial charge in [-0.3, -0.25) is 19.2 Å². The number of carbonyl (C=O) groups excluding carboxylic acids is 2. The molecule has 35 heavy (non-hydrogen) atoms. The monoisotopic (exact) mass is 484 g/mol. The van der Waals surface area contributed by atoms with Crippen molar-refractivity contribution < 1.29 is 9.59 Å². The predicted molar refractivity (Wildman–Crippen MR) is 137 cm³/mol. The van der Waals surface area contributed by atoms with Crippen molar-refractivity contribution in [3.8, 4) is 11.3 Å². The maximum absolute atomic E-state index is 13.9. The molecule has 4 aromatic rings. The Bertz CT molecular complexity index is 1400. The zero-order chi connectivity index (χ0) is 24.6. The van der Waals surface area contributed by atoms with Crippen molar-refractivity contribution in [1.82, 2.24) is 15.1 Å². The van der Waals surface area contributed by atoms with E-state index in [0.717, 1.165) is 16.7 Å². The van der Waals surface area contributed by atoms with Crippen LogP contribution >= 0.6 is 11.6 Å². The number of aryl methyl sites for hydroxylation is 1. The fourth-order valence-electron chi connectivity index (χ4n) is 4.55. The molecule has 2 amide bonds. The molecule has 1 atom stereocenters. The number of amides is 2. The molecule has 5 rings (SSSR count). The third-order valence-corrected chi connectivity index (χ3v) is 6.64. The zero-order valence-corrected chi connectivity index (χ0v) is 20.3. The van der Waals surface area contributed by atoms with Crippen LogP contribution in [0.15, 0.2) is 84.9 Å². The largest absolute Gasteiger partial charge is 0.350 e. The van der Waals surface area contributed by atoms with E-state index in [-0.39, 0.29) is 18.4 Å². The Balaban J connectivity index is 1.57. The quantitative estimate of drug-likeness (QED) is 0.421. The minimum Gasteiger partial charge on any atom is -0.350 e. The highest BCUT2D eigenvalue weighted by Crippen LogP contribution is 2.36. The summed E-state index contributed by atoms with van der Waals surface area (Å²) in [4.78, 5) is 29.2. The second-order valence-electron chi connectivity index (χ2n) is 8.95. The number of halogens is 1. The third-order valence-electron chi connectivity index (χ3n) is 6.41. The minimum absolute atomic E-state index is 0.212. The van der Waals surface area contributed by atoms with Gasteiger partial charge >= 0.3 is 0 Å². The number of carbonyl (C=O) groups is 2. The van der Waals surface area contributed by atoms with Crippen LogP contribution < -0.4 is 10.2 Å². The second-order valence-corrected chi connectivity index (χ2v) is 9.39. The molecule has 0 radical (unpaired) electrons. The molecule has 0 aliphatic carbocycles. The summed E-state index contributed by atoms with van der Waals surface area (Å²) >= 11 is 6.20. The van der Waals surface area contributed by atoms with Gasteiger partial charge in [-0.1, -0.05) is 72.3 Å². The van der Waals surface area contributed by atoms with Gasteiger partial charge in [-0.05, 0) is 49.2 Å². The van der Waals surface area contributed by atoms with Crippen LogP contribution in [-0.4, -0.2) is 27.1 Å². The Morgan fingerprint density at radius 3 is 2.40 bits per heavy atom. The molecule has 0 fully saturated rings. The van der Waals surface area contributed by atoms with Gasteiger partial charge in [0.05, 0.1) is 12.2 Å². The number of anilines is 1. The number of nitrogens with one attached hydrogen (secondary N) is 1.